The zero-order chi connectivity index (χ0) is 16.5. The summed E-state index contributed by atoms with van der Waals surface area (Å²) in [5.74, 6) is 0.784. The molecule has 0 spiro atoms. The first-order valence-corrected chi connectivity index (χ1v) is 8.09. The van der Waals surface area contributed by atoms with Gasteiger partial charge in [-0.25, -0.2) is 4.79 Å². The second-order valence-electron chi connectivity index (χ2n) is 5.37. The Kier molecular flexibility index (Phi) is 9.50. The summed E-state index contributed by atoms with van der Waals surface area (Å²) < 4.78 is 6.90. The molecular weight excluding hydrogens is 423 g/mol. The molecule has 0 unspecified atom stereocenters. The van der Waals surface area contributed by atoms with Crippen LogP contribution in [0.1, 0.15) is 19.8 Å². The number of likely N-dealkylation sites (tertiary alicyclic amines) is 1. The smallest absolute Gasteiger partial charge is 0.409 e. The van der Waals surface area contributed by atoms with Gasteiger partial charge in [-0.15, -0.1) is 24.0 Å². The van der Waals surface area contributed by atoms with Crippen LogP contribution in [-0.2, 0) is 11.3 Å². The van der Waals surface area contributed by atoms with E-state index < -0.39 is 0 Å². The van der Waals surface area contributed by atoms with E-state index in [2.05, 4.69) is 20.7 Å². The van der Waals surface area contributed by atoms with Gasteiger partial charge in [0.05, 0.1) is 13.2 Å². The number of amides is 1. The van der Waals surface area contributed by atoms with Crippen molar-refractivity contribution in [1.82, 2.24) is 25.3 Å². The van der Waals surface area contributed by atoms with Crippen molar-refractivity contribution >= 4 is 36.0 Å². The maximum absolute atomic E-state index is 11.7. The van der Waals surface area contributed by atoms with Gasteiger partial charge in [-0.3, -0.25) is 9.67 Å². The van der Waals surface area contributed by atoms with Crippen LogP contribution in [0, 0.1) is 0 Å². The first-order valence-electron chi connectivity index (χ1n) is 8.09. The molecular formula is C15H27IN6O2. The first kappa shape index (κ1) is 20.5. The van der Waals surface area contributed by atoms with E-state index in [0.29, 0.717) is 25.7 Å². The van der Waals surface area contributed by atoms with Gasteiger partial charge in [0.25, 0.3) is 0 Å². The largest absolute Gasteiger partial charge is 0.450 e. The number of aromatic nitrogens is 2. The molecule has 1 aliphatic rings. The highest BCUT2D eigenvalue weighted by Gasteiger charge is 2.23. The Balaban J connectivity index is 0.00000288. The van der Waals surface area contributed by atoms with Gasteiger partial charge in [-0.1, -0.05) is 0 Å². The maximum Gasteiger partial charge on any atom is 0.409 e. The zero-order valence-electron chi connectivity index (χ0n) is 14.3. The lowest BCUT2D eigenvalue weighted by molar-refractivity contribution is 0.0963. The number of guanidine groups is 1. The summed E-state index contributed by atoms with van der Waals surface area (Å²) in [7, 11) is 1.76. The number of hydrogen-bond acceptors (Lipinski definition) is 4. The van der Waals surface area contributed by atoms with Crippen LogP contribution in [0.15, 0.2) is 23.5 Å². The van der Waals surface area contributed by atoms with Crippen LogP contribution in [0.5, 0.6) is 0 Å². The van der Waals surface area contributed by atoms with Crippen molar-refractivity contribution in [2.45, 2.75) is 32.4 Å². The number of halogens is 1. The second kappa shape index (κ2) is 11.1. The lowest BCUT2D eigenvalue weighted by Gasteiger charge is -2.32. The van der Waals surface area contributed by atoms with E-state index in [0.717, 1.165) is 31.9 Å². The number of carbonyl (C=O) groups excluding carboxylic acids is 1. The molecule has 1 amide bonds. The van der Waals surface area contributed by atoms with Gasteiger partial charge >= 0.3 is 6.09 Å². The Morgan fingerprint density at radius 1 is 1.42 bits per heavy atom. The quantitative estimate of drug-likeness (QED) is 0.402. The molecule has 1 saturated heterocycles. The molecule has 0 aromatic carbocycles. The van der Waals surface area contributed by atoms with E-state index >= 15 is 0 Å². The Hall–Kier alpha value is -1.52. The fraction of sp³-hybridized carbons (Fsp3) is 0.667. The van der Waals surface area contributed by atoms with Gasteiger partial charge in [-0.05, 0) is 25.8 Å². The number of aliphatic imine (C=N–C) groups is 1. The predicted molar refractivity (Wildman–Crippen MR) is 104 cm³/mol. The molecule has 2 heterocycles. The SMILES string of the molecule is CCOC(=O)N1CCC(NC(=NC)NCCn2cccn2)CC1.I. The van der Waals surface area contributed by atoms with Gasteiger partial charge in [0.15, 0.2) is 5.96 Å². The van der Waals surface area contributed by atoms with Crippen molar-refractivity contribution in [3.63, 3.8) is 0 Å². The minimum Gasteiger partial charge on any atom is -0.450 e. The lowest BCUT2D eigenvalue weighted by atomic mass is 10.1. The van der Waals surface area contributed by atoms with Crippen LogP contribution in [0.2, 0.25) is 0 Å². The Labute approximate surface area is 160 Å². The van der Waals surface area contributed by atoms with Crippen LogP contribution < -0.4 is 10.6 Å². The predicted octanol–water partition coefficient (Wildman–Crippen LogP) is 1.29. The minimum absolute atomic E-state index is 0. The molecule has 2 N–H and O–H groups in total. The molecule has 1 fully saturated rings. The van der Waals surface area contributed by atoms with E-state index in [1.54, 1.807) is 18.1 Å². The third-order valence-electron chi connectivity index (χ3n) is 3.78. The average Bonchev–Trinajstić information content (AvgIpc) is 3.08. The first-order chi connectivity index (χ1) is 11.2. The lowest BCUT2D eigenvalue weighted by Crippen LogP contribution is -2.50. The Bertz CT molecular complexity index is 500. The van der Waals surface area contributed by atoms with Crippen molar-refractivity contribution in [3.05, 3.63) is 18.5 Å². The third kappa shape index (κ3) is 6.54. The highest BCUT2D eigenvalue weighted by atomic mass is 127. The molecule has 9 heteroatoms. The summed E-state index contributed by atoms with van der Waals surface area (Å²) in [4.78, 5) is 17.7. The molecule has 0 bridgehead atoms. The van der Waals surface area contributed by atoms with Crippen LogP contribution in [-0.4, -0.2) is 66.1 Å². The van der Waals surface area contributed by atoms with Gasteiger partial charge in [-0.2, -0.15) is 5.10 Å². The molecule has 2 rings (SSSR count). The topological polar surface area (TPSA) is 83.8 Å². The standard InChI is InChI=1S/C15H26N6O2.HI/c1-3-23-15(22)20-10-5-13(6-11-20)19-14(16-2)17-8-12-21-9-4-7-18-21;/h4,7,9,13H,3,5-6,8,10-12H2,1-2H3,(H2,16,17,19);1H. The maximum atomic E-state index is 11.7. The average molecular weight is 450 g/mol. The Morgan fingerprint density at radius 2 is 2.17 bits per heavy atom. The van der Waals surface area contributed by atoms with Crippen molar-refractivity contribution in [1.29, 1.82) is 0 Å². The number of nitrogens with one attached hydrogen (secondary N) is 2. The van der Waals surface area contributed by atoms with E-state index in [1.807, 2.05) is 23.9 Å². The summed E-state index contributed by atoms with van der Waals surface area (Å²) >= 11 is 0. The number of nitrogens with zero attached hydrogens (tertiary/aromatic N) is 4. The number of piperidine rings is 1. The highest BCUT2D eigenvalue weighted by Crippen LogP contribution is 2.11. The summed E-state index contributed by atoms with van der Waals surface area (Å²) in [5, 5.41) is 10.9. The van der Waals surface area contributed by atoms with Gasteiger partial charge in [0.2, 0.25) is 0 Å². The third-order valence-corrected chi connectivity index (χ3v) is 3.78. The van der Waals surface area contributed by atoms with Gasteiger partial charge in [0.1, 0.15) is 0 Å². The minimum atomic E-state index is -0.215. The van der Waals surface area contributed by atoms with E-state index in [-0.39, 0.29) is 30.1 Å². The van der Waals surface area contributed by atoms with E-state index in [1.165, 1.54) is 0 Å². The molecule has 1 aromatic heterocycles. The monoisotopic (exact) mass is 450 g/mol. The van der Waals surface area contributed by atoms with Crippen molar-refractivity contribution < 1.29 is 9.53 Å². The molecule has 8 nitrogen and oxygen atoms in total. The van der Waals surface area contributed by atoms with Crippen molar-refractivity contribution in [2.24, 2.45) is 4.99 Å². The van der Waals surface area contributed by atoms with Gasteiger partial charge < -0.3 is 20.3 Å². The summed E-state index contributed by atoms with van der Waals surface area (Å²) in [6.45, 7) is 5.20. The molecule has 0 atom stereocenters. The number of ether oxygens (including phenoxy) is 1. The highest BCUT2D eigenvalue weighted by molar-refractivity contribution is 14.0. The van der Waals surface area contributed by atoms with Crippen LogP contribution in [0.25, 0.3) is 0 Å². The van der Waals surface area contributed by atoms with Gasteiger partial charge in [0, 0.05) is 45.1 Å². The summed E-state index contributed by atoms with van der Waals surface area (Å²) in [6, 6.07) is 2.22. The molecule has 0 radical (unpaired) electrons. The van der Waals surface area contributed by atoms with Crippen molar-refractivity contribution in [2.75, 3.05) is 33.3 Å². The molecule has 0 aliphatic carbocycles. The summed E-state index contributed by atoms with van der Waals surface area (Å²) in [6.07, 6.45) is 5.26. The molecule has 1 aliphatic heterocycles. The second-order valence-corrected chi connectivity index (χ2v) is 5.37. The zero-order valence-corrected chi connectivity index (χ0v) is 16.6. The normalized spacial score (nSPS) is 15.6. The number of hydrogen-bond donors (Lipinski definition) is 2. The molecule has 136 valence electrons. The van der Waals surface area contributed by atoms with E-state index in [9.17, 15) is 4.79 Å². The van der Waals surface area contributed by atoms with Crippen LogP contribution >= 0.6 is 24.0 Å². The van der Waals surface area contributed by atoms with Crippen LogP contribution in [0.4, 0.5) is 4.79 Å². The molecule has 1 aromatic rings. The van der Waals surface area contributed by atoms with Crippen molar-refractivity contribution in [3.8, 4) is 0 Å². The fourth-order valence-corrected chi connectivity index (χ4v) is 2.53. The number of carbonyl (C=O) groups is 1. The Morgan fingerprint density at radius 3 is 2.75 bits per heavy atom. The van der Waals surface area contributed by atoms with E-state index in [4.69, 9.17) is 4.74 Å². The fourth-order valence-electron chi connectivity index (χ4n) is 2.53. The summed E-state index contributed by atoms with van der Waals surface area (Å²) in [5.41, 5.74) is 0. The number of rotatable bonds is 5. The molecule has 24 heavy (non-hydrogen) atoms. The molecule has 0 saturated carbocycles. The van der Waals surface area contributed by atoms with Crippen LogP contribution in [0.3, 0.4) is 0 Å².